The highest BCUT2D eigenvalue weighted by atomic mass is 32.2. The average Bonchev–Trinajstić information content (AvgIpc) is 2.34. The molecule has 0 saturated carbocycles. The van der Waals surface area contributed by atoms with Crippen molar-refractivity contribution in [2.45, 2.75) is 52.6 Å². The maximum absolute atomic E-state index is 12.5. The van der Waals surface area contributed by atoms with Crippen LogP contribution >= 0.6 is 0 Å². The van der Waals surface area contributed by atoms with Gasteiger partial charge in [-0.1, -0.05) is 6.92 Å². The molecule has 0 radical (unpaired) electrons. The van der Waals surface area contributed by atoms with Crippen LogP contribution in [0.3, 0.4) is 0 Å². The molecule has 6 nitrogen and oxygen atoms in total. The number of nitrogens with one attached hydrogen (secondary N) is 1. The number of carbonyl (C=O) groups is 2. The van der Waals surface area contributed by atoms with Gasteiger partial charge >= 0.3 is 5.97 Å². The minimum absolute atomic E-state index is 0.0141. The Kier molecular flexibility index (Phi) is 5.41. The zero-order valence-electron chi connectivity index (χ0n) is 13.2. The van der Waals surface area contributed by atoms with E-state index in [4.69, 9.17) is 4.74 Å². The number of rotatable bonds is 4. The van der Waals surface area contributed by atoms with Crippen LogP contribution < -0.4 is 5.32 Å². The summed E-state index contributed by atoms with van der Waals surface area (Å²) in [6, 6.07) is 0. The van der Waals surface area contributed by atoms with E-state index in [0.29, 0.717) is 6.54 Å². The monoisotopic (exact) mass is 319 g/mol. The van der Waals surface area contributed by atoms with Crippen molar-refractivity contribution >= 4 is 21.7 Å². The lowest BCUT2D eigenvalue weighted by Gasteiger charge is -2.35. The summed E-state index contributed by atoms with van der Waals surface area (Å²) in [7, 11) is -3.17. The molecule has 122 valence electrons. The fourth-order valence-electron chi connectivity index (χ4n) is 2.19. The van der Waals surface area contributed by atoms with Crippen LogP contribution in [0.4, 0.5) is 0 Å². The molecule has 0 atom stereocenters. The molecule has 21 heavy (non-hydrogen) atoms. The molecule has 7 heteroatoms. The van der Waals surface area contributed by atoms with E-state index in [1.54, 1.807) is 20.8 Å². The average molecular weight is 319 g/mol. The molecule has 0 unspecified atom stereocenters. The van der Waals surface area contributed by atoms with Gasteiger partial charge in [0.15, 0.2) is 0 Å². The SMILES string of the molecule is CCCNC(=O)C1(C(=O)OC(C)(C)C)CCS(=O)(=O)CC1. The Bertz CT molecular complexity index is 490. The van der Waals surface area contributed by atoms with Gasteiger partial charge in [-0.05, 0) is 40.0 Å². The van der Waals surface area contributed by atoms with Gasteiger partial charge < -0.3 is 10.1 Å². The Balaban J connectivity index is 3.00. The molecule has 1 fully saturated rings. The lowest BCUT2D eigenvalue weighted by molar-refractivity contribution is -0.171. The first-order valence-corrected chi connectivity index (χ1v) is 9.07. The standard InChI is InChI=1S/C14H25NO5S/c1-5-8-15-11(16)14(12(17)20-13(2,3)4)6-9-21(18,19)10-7-14/h5-10H2,1-4H3,(H,15,16). The predicted molar refractivity (Wildman–Crippen MR) is 79.5 cm³/mol. The highest BCUT2D eigenvalue weighted by molar-refractivity contribution is 7.91. The number of hydrogen-bond acceptors (Lipinski definition) is 5. The summed E-state index contributed by atoms with van der Waals surface area (Å²) in [4.78, 5) is 24.9. The smallest absolute Gasteiger partial charge is 0.322 e. The number of amides is 1. The molecular formula is C14H25NO5S. The summed E-state index contributed by atoms with van der Waals surface area (Å²) in [6.07, 6.45) is 0.716. The van der Waals surface area contributed by atoms with Crippen molar-refractivity contribution in [2.75, 3.05) is 18.1 Å². The molecule has 1 amide bonds. The van der Waals surface area contributed by atoms with E-state index in [1.807, 2.05) is 6.92 Å². The first-order chi connectivity index (χ1) is 9.52. The second kappa shape index (κ2) is 6.34. The van der Waals surface area contributed by atoms with Crippen molar-refractivity contribution in [3.8, 4) is 0 Å². The molecule has 0 bridgehead atoms. The van der Waals surface area contributed by atoms with Crippen molar-refractivity contribution in [1.82, 2.24) is 5.32 Å². The molecule has 1 aliphatic heterocycles. The largest absolute Gasteiger partial charge is 0.459 e. The Morgan fingerprint density at radius 3 is 2.14 bits per heavy atom. The first kappa shape index (κ1) is 17.9. The number of ether oxygens (including phenoxy) is 1. The number of esters is 1. The first-order valence-electron chi connectivity index (χ1n) is 7.24. The lowest BCUT2D eigenvalue weighted by Crippen LogP contribution is -2.53. The molecule has 0 aromatic rings. The minimum atomic E-state index is -3.17. The molecule has 0 aromatic carbocycles. The van der Waals surface area contributed by atoms with E-state index in [1.165, 1.54) is 0 Å². The van der Waals surface area contributed by atoms with Crippen molar-refractivity contribution in [3.05, 3.63) is 0 Å². The zero-order valence-corrected chi connectivity index (χ0v) is 14.0. The van der Waals surface area contributed by atoms with Crippen LogP contribution in [0.25, 0.3) is 0 Å². The fraction of sp³-hybridized carbons (Fsp3) is 0.857. The third-order valence-corrected chi connectivity index (χ3v) is 5.09. The van der Waals surface area contributed by atoms with Gasteiger partial charge in [-0.3, -0.25) is 9.59 Å². The second-order valence-electron chi connectivity index (χ2n) is 6.49. The maximum Gasteiger partial charge on any atom is 0.322 e. The summed E-state index contributed by atoms with van der Waals surface area (Å²) >= 11 is 0. The van der Waals surface area contributed by atoms with Gasteiger partial charge in [-0.25, -0.2) is 8.42 Å². The molecule has 1 heterocycles. The molecule has 0 spiro atoms. The van der Waals surface area contributed by atoms with Crippen LogP contribution in [0.15, 0.2) is 0 Å². The van der Waals surface area contributed by atoms with Crippen LogP contribution in [0.1, 0.15) is 47.0 Å². The number of sulfone groups is 1. The highest BCUT2D eigenvalue weighted by Crippen LogP contribution is 2.35. The van der Waals surface area contributed by atoms with Gasteiger partial charge in [-0.2, -0.15) is 0 Å². The number of hydrogen-bond donors (Lipinski definition) is 1. The third-order valence-electron chi connectivity index (χ3n) is 3.44. The van der Waals surface area contributed by atoms with E-state index in [0.717, 1.165) is 6.42 Å². The fourth-order valence-corrected chi connectivity index (χ4v) is 3.72. The summed E-state index contributed by atoms with van der Waals surface area (Å²) < 4.78 is 28.6. The highest BCUT2D eigenvalue weighted by Gasteiger charge is 2.51. The van der Waals surface area contributed by atoms with Gasteiger partial charge in [0.1, 0.15) is 20.9 Å². The normalized spacial score (nSPS) is 20.6. The van der Waals surface area contributed by atoms with E-state index in [-0.39, 0.29) is 24.3 Å². The van der Waals surface area contributed by atoms with E-state index >= 15 is 0 Å². The van der Waals surface area contributed by atoms with Gasteiger partial charge in [0, 0.05) is 6.54 Å². The molecular weight excluding hydrogens is 294 g/mol. The summed E-state index contributed by atoms with van der Waals surface area (Å²) in [5.41, 5.74) is -2.10. The third kappa shape index (κ3) is 4.69. The molecule has 1 saturated heterocycles. The second-order valence-corrected chi connectivity index (χ2v) is 8.80. The Hall–Kier alpha value is -1.11. The van der Waals surface area contributed by atoms with Crippen molar-refractivity contribution in [3.63, 3.8) is 0 Å². The van der Waals surface area contributed by atoms with Crippen molar-refractivity contribution in [1.29, 1.82) is 0 Å². The quantitative estimate of drug-likeness (QED) is 0.618. The minimum Gasteiger partial charge on any atom is -0.459 e. The molecule has 1 N–H and O–H groups in total. The van der Waals surface area contributed by atoms with Gasteiger partial charge in [-0.15, -0.1) is 0 Å². The Morgan fingerprint density at radius 1 is 1.19 bits per heavy atom. The maximum atomic E-state index is 12.5. The van der Waals surface area contributed by atoms with Crippen LogP contribution in [0, 0.1) is 5.41 Å². The number of carbonyl (C=O) groups excluding carboxylic acids is 2. The summed E-state index contributed by atoms with van der Waals surface area (Å²) in [5, 5.41) is 2.70. The Morgan fingerprint density at radius 2 is 1.71 bits per heavy atom. The van der Waals surface area contributed by atoms with Gasteiger partial charge in [0.2, 0.25) is 5.91 Å². The van der Waals surface area contributed by atoms with Crippen molar-refractivity contribution < 1.29 is 22.7 Å². The van der Waals surface area contributed by atoms with E-state index in [2.05, 4.69) is 5.32 Å². The van der Waals surface area contributed by atoms with Gasteiger partial charge in [0.25, 0.3) is 0 Å². The lowest BCUT2D eigenvalue weighted by atomic mass is 9.80. The molecule has 0 aromatic heterocycles. The van der Waals surface area contributed by atoms with Crippen LogP contribution in [-0.4, -0.2) is 43.9 Å². The van der Waals surface area contributed by atoms with Crippen LogP contribution in [0.5, 0.6) is 0 Å². The van der Waals surface area contributed by atoms with E-state index < -0.39 is 32.7 Å². The Labute approximate surface area is 126 Å². The summed E-state index contributed by atoms with van der Waals surface area (Å²) in [6.45, 7) is 7.54. The van der Waals surface area contributed by atoms with Crippen molar-refractivity contribution in [2.24, 2.45) is 5.41 Å². The van der Waals surface area contributed by atoms with E-state index in [9.17, 15) is 18.0 Å². The van der Waals surface area contributed by atoms with Crippen LogP contribution in [0.2, 0.25) is 0 Å². The van der Waals surface area contributed by atoms with Gasteiger partial charge in [0.05, 0.1) is 11.5 Å². The topological polar surface area (TPSA) is 89.5 Å². The molecule has 1 aliphatic rings. The van der Waals surface area contributed by atoms with Crippen LogP contribution in [-0.2, 0) is 24.2 Å². The summed E-state index contributed by atoms with van der Waals surface area (Å²) in [5.74, 6) is -1.37. The molecule has 0 aliphatic carbocycles. The predicted octanol–water partition coefficient (Wildman–Crippen LogP) is 1.05. The zero-order chi connectivity index (χ0) is 16.3. The molecule has 1 rings (SSSR count).